The van der Waals surface area contributed by atoms with Gasteiger partial charge in [-0.25, -0.2) is 14.4 Å². The molecule has 1 saturated heterocycles. The van der Waals surface area contributed by atoms with Crippen molar-refractivity contribution in [3.8, 4) is 5.88 Å². The molecule has 3 rings (SSSR count). The second-order valence-corrected chi connectivity index (χ2v) is 9.77. The Morgan fingerprint density at radius 1 is 1.21 bits per heavy atom. The molecule has 3 N–H and O–H groups in total. The molecule has 1 fully saturated rings. The predicted molar refractivity (Wildman–Crippen MR) is 126 cm³/mol. The fraction of sp³-hybridized carbons (Fsp3) is 0.522. The lowest BCUT2D eigenvalue weighted by molar-refractivity contribution is 0.0520. The van der Waals surface area contributed by atoms with Crippen LogP contribution in [-0.2, 0) is 17.7 Å². The molecule has 0 unspecified atom stereocenters. The van der Waals surface area contributed by atoms with Gasteiger partial charge in [0, 0.05) is 18.1 Å². The average Bonchev–Trinajstić information content (AvgIpc) is 3.04. The van der Waals surface area contributed by atoms with E-state index in [1.807, 2.05) is 24.3 Å². The minimum Gasteiger partial charge on any atom is -0.491 e. The topological polar surface area (TPSA) is 126 Å². The highest BCUT2D eigenvalue weighted by Crippen LogP contribution is 2.23. The maximum Gasteiger partial charge on any atom is 0.434 e. The fourth-order valence-corrected chi connectivity index (χ4v) is 3.83. The lowest BCUT2D eigenvalue weighted by Gasteiger charge is -2.31. The number of nitrogens with one attached hydrogen (secondary N) is 2. The number of hydrogen-bond acceptors (Lipinski definition) is 6. The molecule has 0 spiro atoms. The van der Waals surface area contributed by atoms with Gasteiger partial charge >= 0.3 is 17.9 Å². The summed E-state index contributed by atoms with van der Waals surface area (Å²) in [6.45, 7) is 5.92. The van der Waals surface area contributed by atoms with Gasteiger partial charge in [0.2, 0.25) is 0 Å². The molecule has 2 heterocycles. The van der Waals surface area contributed by atoms with E-state index < -0.39 is 29.4 Å². The van der Waals surface area contributed by atoms with Crippen LogP contribution < -0.4 is 15.8 Å². The van der Waals surface area contributed by atoms with Crippen LogP contribution in [0, 0.1) is 5.92 Å². The Hall–Kier alpha value is -3.14. The molecule has 10 nitrogen and oxygen atoms in total. The van der Waals surface area contributed by atoms with Crippen molar-refractivity contribution in [1.29, 1.82) is 0 Å². The number of carbonyl (C=O) groups is 2. The number of aromatic hydroxyl groups is 1. The molecule has 0 bridgehead atoms. The summed E-state index contributed by atoms with van der Waals surface area (Å²) < 4.78 is 5.60. The third-order valence-corrected chi connectivity index (χ3v) is 5.76. The first-order valence-corrected chi connectivity index (χ1v) is 11.6. The molecule has 2 aromatic rings. The minimum atomic E-state index is -0.829. The maximum absolute atomic E-state index is 12.5. The summed E-state index contributed by atoms with van der Waals surface area (Å²) in [6.07, 6.45) is 2.16. The van der Waals surface area contributed by atoms with Crippen LogP contribution >= 0.6 is 11.6 Å². The van der Waals surface area contributed by atoms with Crippen molar-refractivity contribution in [1.82, 2.24) is 19.9 Å². The number of aromatic nitrogens is 2. The third kappa shape index (κ3) is 7.18. The first kappa shape index (κ1) is 25.5. The lowest BCUT2D eigenvalue weighted by atomic mass is 9.91. The number of rotatable bonds is 6. The van der Waals surface area contributed by atoms with Crippen molar-refractivity contribution in [2.75, 3.05) is 13.1 Å². The van der Waals surface area contributed by atoms with E-state index in [9.17, 15) is 19.5 Å². The van der Waals surface area contributed by atoms with Crippen LogP contribution in [0.5, 0.6) is 5.88 Å². The van der Waals surface area contributed by atoms with Gasteiger partial charge in [-0.15, -0.1) is 0 Å². The Morgan fingerprint density at radius 2 is 1.85 bits per heavy atom. The smallest absolute Gasteiger partial charge is 0.434 e. The van der Waals surface area contributed by atoms with Gasteiger partial charge in [-0.1, -0.05) is 28.5 Å². The number of ether oxygens (including phenoxy) is 1. The second kappa shape index (κ2) is 10.9. The van der Waals surface area contributed by atoms with Crippen molar-refractivity contribution in [3.05, 3.63) is 51.0 Å². The Labute approximate surface area is 202 Å². The number of hydrogen-bond donors (Lipinski definition) is 3. The summed E-state index contributed by atoms with van der Waals surface area (Å²) in [5.74, 6) is -0.110. The van der Waals surface area contributed by atoms with E-state index in [-0.39, 0.29) is 12.2 Å². The van der Waals surface area contributed by atoms with Crippen LogP contribution in [0.4, 0.5) is 9.59 Å². The van der Waals surface area contributed by atoms with Gasteiger partial charge in [0.1, 0.15) is 11.3 Å². The van der Waals surface area contributed by atoms with Gasteiger partial charge in [0.05, 0.1) is 6.54 Å². The quantitative estimate of drug-likeness (QED) is 0.564. The van der Waals surface area contributed by atoms with Crippen molar-refractivity contribution >= 4 is 23.8 Å². The number of nitrogens with zero attached hydrogens (tertiary/aromatic N) is 2. The van der Waals surface area contributed by atoms with E-state index in [0.717, 1.165) is 30.7 Å². The van der Waals surface area contributed by atoms with E-state index in [0.29, 0.717) is 23.7 Å². The number of likely N-dealkylation sites (tertiary alicyclic amines) is 1. The summed E-state index contributed by atoms with van der Waals surface area (Å²) in [4.78, 5) is 45.4. The van der Waals surface area contributed by atoms with Gasteiger partial charge in [-0.3, -0.25) is 0 Å². The normalized spacial score (nSPS) is 14.6. The molecule has 186 valence electrons. The summed E-state index contributed by atoms with van der Waals surface area (Å²) >= 11 is 5.92. The Balaban J connectivity index is 1.48. The summed E-state index contributed by atoms with van der Waals surface area (Å²) in [5, 5.41) is 13.4. The molecule has 2 amide bonds. The Bertz CT molecular complexity index is 1050. The number of piperidine rings is 1. The fourth-order valence-electron chi connectivity index (χ4n) is 3.70. The number of aryl methyl sites for hydroxylation is 1. The average molecular weight is 495 g/mol. The predicted octanol–water partition coefficient (Wildman–Crippen LogP) is 3.45. The molecular weight excluding hydrogens is 464 g/mol. The van der Waals surface area contributed by atoms with Gasteiger partial charge < -0.3 is 29.9 Å². The number of benzene rings is 1. The number of imidazole rings is 1. The SMILES string of the molecule is CC(C)(C)OC(=O)NCc1[nH]c(=O)n(OC(=O)N2CCC(CCc3ccc(Cl)cc3)CC2)c1O. The molecule has 11 heteroatoms. The number of halogens is 1. The van der Waals surface area contributed by atoms with E-state index in [1.54, 1.807) is 20.8 Å². The number of H-pyrrole nitrogens is 1. The van der Waals surface area contributed by atoms with Crippen molar-refractivity contribution in [3.63, 3.8) is 0 Å². The molecule has 1 aliphatic rings. The first-order valence-electron chi connectivity index (χ1n) is 11.2. The zero-order chi connectivity index (χ0) is 24.9. The zero-order valence-electron chi connectivity index (χ0n) is 19.6. The zero-order valence-corrected chi connectivity index (χ0v) is 20.4. The van der Waals surface area contributed by atoms with Crippen molar-refractivity contribution < 1.29 is 24.3 Å². The number of alkyl carbamates (subject to hydrolysis) is 1. The maximum atomic E-state index is 12.5. The van der Waals surface area contributed by atoms with Gasteiger partial charge in [-0.05, 0) is 70.1 Å². The largest absolute Gasteiger partial charge is 0.491 e. The first-order chi connectivity index (χ1) is 16.0. The summed E-state index contributed by atoms with van der Waals surface area (Å²) in [7, 11) is 0. The molecule has 1 aliphatic heterocycles. The standard InChI is InChI=1S/C23H31ClN4O6/c1-23(2,3)33-21(31)25-14-18-19(29)28(20(30)26-18)34-22(32)27-12-10-16(11-13-27)5-4-15-6-8-17(24)9-7-15/h6-9,16,29H,4-5,10-14H2,1-3H3,(H,25,31)(H,26,30). The molecule has 34 heavy (non-hydrogen) atoms. The molecule has 0 aliphatic carbocycles. The highest BCUT2D eigenvalue weighted by molar-refractivity contribution is 6.30. The van der Waals surface area contributed by atoms with Crippen molar-refractivity contribution in [2.45, 2.75) is 58.6 Å². The van der Waals surface area contributed by atoms with Crippen LogP contribution in [0.15, 0.2) is 29.1 Å². The number of aromatic amines is 1. The summed E-state index contributed by atoms with van der Waals surface area (Å²) in [5.41, 5.74) is -0.302. The number of amides is 2. The van der Waals surface area contributed by atoms with E-state index >= 15 is 0 Å². The van der Waals surface area contributed by atoms with Crippen LogP contribution in [0.1, 0.15) is 51.3 Å². The second-order valence-electron chi connectivity index (χ2n) is 9.33. The highest BCUT2D eigenvalue weighted by atomic mass is 35.5. The van der Waals surface area contributed by atoms with Crippen LogP contribution in [0.25, 0.3) is 0 Å². The molecular formula is C23H31ClN4O6. The Morgan fingerprint density at radius 3 is 2.47 bits per heavy atom. The molecule has 0 radical (unpaired) electrons. The van der Waals surface area contributed by atoms with Crippen molar-refractivity contribution in [2.24, 2.45) is 5.92 Å². The Kier molecular flexibility index (Phi) is 8.14. The van der Waals surface area contributed by atoms with E-state index in [2.05, 4.69) is 10.3 Å². The molecule has 0 atom stereocenters. The third-order valence-electron chi connectivity index (χ3n) is 5.51. The monoisotopic (exact) mass is 494 g/mol. The summed E-state index contributed by atoms with van der Waals surface area (Å²) in [6, 6.07) is 7.81. The van der Waals surface area contributed by atoms with Gasteiger partial charge in [-0.2, -0.15) is 0 Å². The highest BCUT2D eigenvalue weighted by Gasteiger charge is 2.26. The number of carbonyl (C=O) groups excluding carboxylic acids is 2. The van der Waals surface area contributed by atoms with E-state index in [1.165, 1.54) is 10.5 Å². The van der Waals surface area contributed by atoms with Crippen LogP contribution in [-0.4, -0.2) is 50.6 Å². The lowest BCUT2D eigenvalue weighted by Crippen LogP contribution is -2.44. The molecule has 1 aromatic heterocycles. The van der Waals surface area contributed by atoms with Crippen LogP contribution in [0.2, 0.25) is 5.02 Å². The molecule has 0 saturated carbocycles. The van der Waals surface area contributed by atoms with Gasteiger partial charge in [0.15, 0.2) is 0 Å². The van der Waals surface area contributed by atoms with Crippen LogP contribution in [0.3, 0.4) is 0 Å². The van der Waals surface area contributed by atoms with Gasteiger partial charge in [0.25, 0.3) is 5.88 Å². The minimum absolute atomic E-state index is 0.00966. The van der Waals surface area contributed by atoms with E-state index in [4.69, 9.17) is 21.2 Å². The molecule has 1 aromatic carbocycles.